The Morgan fingerprint density at radius 2 is 2.07 bits per heavy atom. The summed E-state index contributed by atoms with van der Waals surface area (Å²) in [4.78, 5) is 0. The van der Waals surface area contributed by atoms with Crippen LogP contribution in [0.2, 0.25) is 0 Å². The van der Waals surface area contributed by atoms with Gasteiger partial charge in [-0.05, 0) is 36.1 Å². The van der Waals surface area contributed by atoms with E-state index >= 15 is 0 Å². The maximum absolute atomic E-state index is 5.55. The maximum atomic E-state index is 5.55. The first-order valence-electron chi connectivity index (χ1n) is 5.06. The van der Waals surface area contributed by atoms with Crippen LogP contribution >= 0.6 is 0 Å². The summed E-state index contributed by atoms with van der Waals surface area (Å²) in [6.45, 7) is 5.04. The lowest BCUT2D eigenvalue weighted by Gasteiger charge is -2.11. The third-order valence-electron chi connectivity index (χ3n) is 2.38. The normalized spacial score (nSPS) is 10.6. The second-order valence-corrected chi connectivity index (χ2v) is 3.76. The van der Waals surface area contributed by atoms with Crippen LogP contribution in [0.1, 0.15) is 30.9 Å². The van der Waals surface area contributed by atoms with E-state index in [2.05, 4.69) is 26.0 Å². The van der Waals surface area contributed by atoms with Gasteiger partial charge in [-0.25, -0.2) is 0 Å². The molecule has 0 heterocycles. The Kier molecular flexibility index (Phi) is 3.96. The Labute approximate surface area is 86.1 Å². The number of hydrogen-bond donors (Lipinski definition) is 1. The van der Waals surface area contributed by atoms with Crippen molar-refractivity contribution < 1.29 is 4.74 Å². The summed E-state index contributed by atoms with van der Waals surface area (Å²) in [5.74, 6) is 1.50. The van der Waals surface area contributed by atoms with Gasteiger partial charge in [0, 0.05) is 0 Å². The number of rotatable bonds is 4. The molecule has 2 nitrogen and oxygen atoms in total. The topological polar surface area (TPSA) is 35.2 Å². The fourth-order valence-electron chi connectivity index (χ4n) is 1.51. The lowest BCUT2D eigenvalue weighted by molar-refractivity contribution is 0.409. The Morgan fingerprint density at radius 3 is 2.57 bits per heavy atom. The van der Waals surface area contributed by atoms with E-state index in [-0.39, 0.29) is 0 Å². The molecule has 0 spiro atoms. The predicted molar refractivity (Wildman–Crippen MR) is 59.8 cm³/mol. The molecule has 0 saturated heterocycles. The van der Waals surface area contributed by atoms with Crippen LogP contribution < -0.4 is 10.5 Å². The van der Waals surface area contributed by atoms with E-state index in [1.54, 1.807) is 7.11 Å². The molecule has 0 aliphatic heterocycles. The SMILES string of the molecule is COc1ccc(C(C)C)cc1CCN. The molecule has 0 saturated carbocycles. The molecule has 0 radical (unpaired) electrons. The van der Waals surface area contributed by atoms with Gasteiger partial charge in [0.05, 0.1) is 7.11 Å². The molecular weight excluding hydrogens is 174 g/mol. The second-order valence-electron chi connectivity index (χ2n) is 3.76. The van der Waals surface area contributed by atoms with E-state index < -0.39 is 0 Å². The Morgan fingerprint density at radius 1 is 1.36 bits per heavy atom. The number of nitrogens with two attached hydrogens (primary N) is 1. The smallest absolute Gasteiger partial charge is 0.122 e. The molecule has 0 fully saturated rings. The Balaban J connectivity index is 3.01. The summed E-state index contributed by atoms with van der Waals surface area (Å²) in [6.07, 6.45) is 0.879. The third kappa shape index (κ3) is 2.48. The number of ether oxygens (including phenoxy) is 1. The second kappa shape index (κ2) is 5.01. The first kappa shape index (κ1) is 11.1. The molecule has 0 aromatic heterocycles. The van der Waals surface area contributed by atoms with E-state index in [0.29, 0.717) is 12.5 Å². The lowest BCUT2D eigenvalue weighted by Crippen LogP contribution is -2.05. The summed E-state index contributed by atoms with van der Waals surface area (Å²) < 4.78 is 5.28. The van der Waals surface area contributed by atoms with Gasteiger partial charge in [0.2, 0.25) is 0 Å². The molecular formula is C12H19NO. The molecule has 1 aromatic rings. The van der Waals surface area contributed by atoms with Crippen molar-refractivity contribution in [3.63, 3.8) is 0 Å². The minimum atomic E-state index is 0.553. The first-order chi connectivity index (χ1) is 6.69. The van der Waals surface area contributed by atoms with Crippen LogP contribution in [0.15, 0.2) is 18.2 Å². The van der Waals surface area contributed by atoms with Gasteiger partial charge >= 0.3 is 0 Å². The highest BCUT2D eigenvalue weighted by Gasteiger charge is 2.05. The fourth-order valence-corrected chi connectivity index (χ4v) is 1.51. The van der Waals surface area contributed by atoms with Gasteiger partial charge in [0.15, 0.2) is 0 Å². The molecule has 0 unspecified atom stereocenters. The highest BCUT2D eigenvalue weighted by atomic mass is 16.5. The van der Waals surface area contributed by atoms with E-state index in [1.165, 1.54) is 11.1 Å². The molecule has 14 heavy (non-hydrogen) atoms. The predicted octanol–water partition coefficient (Wildman–Crippen LogP) is 2.32. The quantitative estimate of drug-likeness (QED) is 0.796. The van der Waals surface area contributed by atoms with Crippen LogP contribution in [-0.2, 0) is 6.42 Å². The standard InChI is InChI=1S/C12H19NO/c1-9(2)10-4-5-12(14-3)11(8-10)6-7-13/h4-5,8-9H,6-7,13H2,1-3H3. The van der Waals surface area contributed by atoms with Crippen molar-refractivity contribution in [3.8, 4) is 5.75 Å². The largest absolute Gasteiger partial charge is 0.496 e. The molecule has 2 heteroatoms. The molecule has 0 bridgehead atoms. The Bertz CT molecular complexity index is 294. The van der Waals surface area contributed by atoms with E-state index in [1.807, 2.05) is 6.07 Å². The number of methoxy groups -OCH3 is 1. The van der Waals surface area contributed by atoms with Gasteiger partial charge in [-0.3, -0.25) is 0 Å². The van der Waals surface area contributed by atoms with Crippen molar-refractivity contribution in [3.05, 3.63) is 29.3 Å². The summed E-state index contributed by atoms with van der Waals surface area (Å²) in [5.41, 5.74) is 8.11. The number of hydrogen-bond acceptors (Lipinski definition) is 2. The van der Waals surface area contributed by atoms with Crippen molar-refractivity contribution in [2.24, 2.45) is 5.73 Å². The molecule has 0 atom stereocenters. The first-order valence-corrected chi connectivity index (χ1v) is 5.06. The van der Waals surface area contributed by atoms with Gasteiger partial charge in [-0.15, -0.1) is 0 Å². The zero-order valence-electron chi connectivity index (χ0n) is 9.21. The van der Waals surface area contributed by atoms with Gasteiger partial charge in [0.1, 0.15) is 5.75 Å². The van der Waals surface area contributed by atoms with Crippen LogP contribution in [0, 0.1) is 0 Å². The third-order valence-corrected chi connectivity index (χ3v) is 2.38. The van der Waals surface area contributed by atoms with Crippen molar-refractivity contribution >= 4 is 0 Å². The Hall–Kier alpha value is -1.02. The summed E-state index contributed by atoms with van der Waals surface area (Å²) in [7, 11) is 1.70. The molecule has 0 amide bonds. The molecule has 2 N–H and O–H groups in total. The molecule has 1 aromatic carbocycles. The van der Waals surface area contributed by atoms with Gasteiger partial charge in [-0.1, -0.05) is 26.0 Å². The zero-order chi connectivity index (χ0) is 10.6. The average Bonchev–Trinajstić information content (AvgIpc) is 2.18. The van der Waals surface area contributed by atoms with Crippen LogP contribution in [0.25, 0.3) is 0 Å². The van der Waals surface area contributed by atoms with E-state index in [4.69, 9.17) is 10.5 Å². The van der Waals surface area contributed by atoms with E-state index in [9.17, 15) is 0 Å². The zero-order valence-corrected chi connectivity index (χ0v) is 9.21. The van der Waals surface area contributed by atoms with Crippen LogP contribution in [0.4, 0.5) is 0 Å². The van der Waals surface area contributed by atoms with Crippen LogP contribution in [-0.4, -0.2) is 13.7 Å². The van der Waals surface area contributed by atoms with E-state index in [0.717, 1.165) is 12.2 Å². The van der Waals surface area contributed by atoms with Crippen molar-refractivity contribution in [2.45, 2.75) is 26.2 Å². The van der Waals surface area contributed by atoms with Crippen molar-refractivity contribution in [1.29, 1.82) is 0 Å². The molecule has 1 rings (SSSR count). The molecule has 78 valence electrons. The molecule has 0 aliphatic carbocycles. The summed E-state index contributed by atoms with van der Waals surface area (Å²) in [5, 5.41) is 0. The highest BCUT2D eigenvalue weighted by Crippen LogP contribution is 2.24. The van der Waals surface area contributed by atoms with Gasteiger partial charge in [0.25, 0.3) is 0 Å². The van der Waals surface area contributed by atoms with Crippen LogP contribution in [0.5, 0.6) is 5.75 Å². The monoisotopic (exact) mass is 193 g/mol. The lowest BCUT2D eigenvalue weighted by atomic mass is 9.99. The highest BCUT2D eigenvalue weighted by molar-refractivity contribution is 5.38. The maximum Gasteiger partial charge on any atom is 0.122 e. The van der Waals surface area contributed by atoms with Gasteiger partial charge in [-0.2, -0.15) is 0 Å². The fraction of sp³-hybridized carbons (Fsp3) is 0.500. The van der Waals surface area contributed by atoms with Gasteiger partial charge < -0.3 is 10.5 Å². The van der Waals surface area contributed by atoms with Crippen molar-refractivity contribution in [1.82, 2.24) is 0 Å². The van der Waals surface area contributed by atoms with Crippen molar-refractivity contribution in [2.75, 3.05) is 13.7 Å². The average molecular weight is 193 g/mol. The van der Waals surface area contributed by atoms with Crippen LogP contribution in [0.3, 0.4) is 0 Å². The number of benzene rings is 1. The minimum Gasteiger partial charge on any atom is -0.496 e. The summed E-state index contributed by atoms with van der Waals surface area (Å²) >= 11 is 0. The molecule has 0 aliphatic rings. The summed E-state index contributed by atoms with van der Waals surface area (Å²) in [6, 6.07) is 6.33. The minimum absolute atomic E-state index is 0.553.